The molecule has 0 bridgehead atoms. The van der Waals surface area contributed by atoms with Crippen molar-refractivity contribution in [2.45, 2.75) is 49.8 Å². The summed E-state index contributed by atoms with van der Waals surface area (Å²) in [5.74, 6) is 1.21. The Bertz CT molecular complexity index is 886. The Hall–Kier alpha value is -1.58. The van der Waals surface area contributed by atoms with E-state index in [9.17, 15) is 9.11 Å². The van der Waals surface area contributed by atoms with Gasteiger partial charge < -0.3 is 18.6 Å². The molecule has 2 aromatic carbocycles. The molecule has 2 N–H and O–H groups in total. The Balaban J connectivity index is 1.82. The van der Waals surface area contributed by atoms with Crippen molar-refractivity contribution < 1.29 is 18.6 Å². The van der Waals surface area contributed by atoms with Crippen LogP contribution in [0.25, 0.3) is 0 Å². The number of benzene rings is 2. The summed E-state index contributed by atoms with van der Waals surface area (Å²) in [7, 11) is -1.75. The van der Waals surface area contributed by atoms with Crippen molar-refractivity contribution in [1.82, 2.24) is 0 Å². The zero-order valence-electron chi connectivity index (χ0n) is 19.1. The van der Waals surface area contributed by atoms with Gasteiger partial charge in [0.1, 0.15) is 17.1 Å². The van der Waals surface area contributed by atoms with Crippen LogP contribution >= 0.6 is 0 Å². The van der Waals surface area contributed by atoms with Gasteiger partial charge in [0, 0.05) is 19.3 Å². The fraction of sp³-hybridized carbons (Fsp3) is 0.500. The molecule has 0 aliphatic carbocycles. The van der Waals surface area contributed by atoms with Crippen molar-refractivity contribution in [1.29, 1.82) is 4.78 Å². The molecule has 3 rings (SSSR count). The smallest absolute Gasteiger partial charge is 0.181 e. The van der Waals surface area contributed by atoms with Gasteiger partial charge in [-0.2, -0.15) is 4.31 Å². The molecule has 0 amide bonds. The van der Waals surface area contributed by atoms with Gasteiger partial charge in [0.05, 0.1) is 34.7 Å². The number of aryl methyl sites for hydroxylation is 1. The van der Waals surface area contributed by atoms with E-state index in [4.69, 9.17) is 14.3 Å². The summed E-state index contributed by atoms with van der Waals surface area (Å²) in [6.07, 6.45) is 2.85. The van der Waals surface area contributed by atoms with E-state index in [1.54, 1.807) is 18.2 Å². The molecule has 32 heavy (non-hydrogen) atoms. The zero-order valence-corrected chi connectivity index (χ0v) is 20.7. The predicted molar refractivity (Wildman–Crippen MR) is 131 cm³/mol. The Morgan fingerprint density at radius 2 is 1.91 bits per heavy atom. The average Bonchev–Trinajstić information content (AvgIpc) is 2.81. The van der Waals surface area contributed by atoms with E-state index in [1.807, 2.05) is 16.4 Å². The van der Waals surface area contributed by atoms with Gasteiger partial charge in [-0.1, -0.05) is 32.9 Å². The number of anilines is 1. The van der Waals surface area contributed by atoms with Gasteiger partial charge in [0.2, 0.25) is 0 Å². The maximum atomic E-state index is 13.6. The molecule has 0 saturated carbocycles. The van der Waals surface area contributed by atoms with Crippen LogP contribution in [0.5, 0.6) is 5.75 Å². The van der Waals surface area contributed by atoms with Crippen molar-refractivity contribution >= 4 is 28.0 Å². The predicted octanol–water partition coefficient (Wildman–Crippen LogP) is 5.45. The molecular formula is C24H34N2O4S2. The monoisotopic (exact) mass is 478 g/mol. The van der Waals surface area contributed by atoms with Crippen molar-refractivity contribution in [3.63, 3.8) is 0 Å². The van der Waals surface area contributed by atoms with E-state index in [2.05, 4.69) is 32.9 Å². The van der Waals surface area contributed by atoms with Crippen molar-refractivity contribution in [3.05, 3.63) is 48.0 Å². The summed E-state index contributed by atoms with van der Waals surface area (Å²) in [6, 6.07) is 13.3. The third-order valence-corrected chi connectivity index (χ3v) is 7.66. The number of ether oxygens (including phenoxy) is 2. The van der Waals surface area contributed by atoms with Crippen LogP contribution in [0, 0.1) is 16.6 Å². The summed E-state index contributed by atoms with van der Waals surface area (Å²) in [5, 5.41) is 0. The maximum absolute atomic E-state index is 13.6. The quantitative estimate of drug-likeness (QED) is 0.443. The first kappa shape index (κ1) is 25.1. The number of rotatable bonds is 10. The van der Waals surface area contributed by atoms with Crippen LogP contribution in [0.15, 0.2) is 52.3 Å². The molecule has 1 fully saturated rings. The minimum atomic E-state index is -1.75. The molecule has 8 heteroatoms. The van der Waals surface area contributed by atoms with Crippen LogP contribution in [0.2, 0.25) is 0 Å². The standard InChI is InChI=1S/C24H34N2O4S2/c1-4-19-5-7-21(8-6-19)26(16-18(2)3)32(28)22-9-10-23(24(15-22)31(25)27)30-17-20-11-13-29-14-12-20/h5-10,15,18,20H,4,11-14,16-17H2,1-3H3,(H2,25,27). The summed E-state index contributed by atoms with van der Waals surface area (Å²) in [6.45, 7) is 8.94. The van der Waals surface area contributed by atoms with E-state index in [0.717, 1.165) is 38.2 Å². The van der Waals surface area contributed by atoms with Gasteiger partial charge >= 0.3 is 0 Å². The van der Waals surface area contributed by atoms with Crippen LogP contribution in [0.1, 0.15) is 39.2 Å². The molecule has 2 aromatic rings. The SMILES string of the molecule is CCc1ccc(N(CC(C)C)[S+]([O-])c2ccc(OCC3CCOCC3)c(S(=N)O)c2)cc1. The molecule has 2 atom stereocenters. The largest absolute Gasteiger partial charge is 0.588 e. The van der Waals surface area contributed by atoms with Crippen molar-refractivity contribution in [3.8, 4) is 5.75 Å². The highest BCUT2D eigenvalue weighted by Crippen LogP contribution is 2.31. The van der Waals surface area contributed by atoms with Crippen LogP contribution in [-0.2, 0) is 33.5 Å². The van der Waals surface area contributed by atoms with Crippen molar-refractivity contribution in [2.75, 3.05) is 30.7 Å². The minimum Gasteiger partial charge on any atom is -0.588 e. The molecule has 1 saturated heterocycles. The lowest BCUT2D eigenvalue weighted by atomic mass is 10.0. The molecule has 176 valence electrons. The molecule has 1 heterocycles. The molecule has 1 aliphatic heterocycles. The van der Waals surface area contributed by atoms with Gasteiger partial charge in [-0.05, 0) is 60.9 Å². The lowest BCUT2D eigenvalue weighted by Gasteiger charge is -2.28. The lowest BCUT2D eigenvalue weighted by molar-refractivity contribution is 0.0493. The van der Waals surface area contributed by atoms with Crippen LogP contribution in [0.3, 0.4) is 0 Å². The molecule has 6 nitrogen and oxygen atoms in total. The van der Waals surface area contributed by atoms with E-state index in [0.29, 0.717) is 40.5 Å². The van der Waals surface area contributed by atoms with Gasteiger partial charge in [-0.25, -0.2) is 0 Å². The Labute approximate surface area is 197 Å². The van der Waals surface area contributed by atoms with Crippen LogP contribution in [0.4, 0.5) is 5.69 Å². The molecule has 0 radical (unpaired) electrons. The molecular weight excluding hydrogens is 444 g/mol. The zero-order chi connectivity index (χ0) is 23.1. The van der Waals surface area contributed by atoms with E-state index in [1.165, 1.54) is 5.56 Å². The highest BCUT2D eigenvalue weighted by atomic mass is 32.2. The summed E-state index contributed by atoms with van der Waals surface area (Å²) >= 11 is -1.47. The normalized spacial score (nSPS) is 16.7. The van der Waals surface area contributed by atoms with Crippen molar-refractivity contribution in [2.24, 2.45) is 11.8 Å². The van der Waals surface area contributed by atoms with E-state index >= 15 is 0 Å². The average molecular weight is 479 g/mol. The van der Waals surface area contributed by atoms with Gasteiger partial charge in [0.15, 0.2) is 4.90 Å². The van der Waals surface area contributed by atoms with Gasteiger partial charge in [0.25, 0.3) is 0 Å². The fourth-order valence-corrected chi connectivity index (χ4v) is 5.65. The Morgan fingerprint density at radius 1 is 1.22 bits per heavy atom. The second-order valence-corrected chi connectivity index (χ2v) is 10.9. The third-order valence-electron chi connectivity index (χ3n) is 5.50. The first-order chi connectivity index (χ1) is 15.4. The molecule has 1 aliphatic rings. The molecule has 0 aromatic heterocycles. The molecule has 2 unspecified atom stereocenters. The van der Waals surface area contributed by atoms with Crippen LogP contribution < -0.4 is 9.04 Å². The Morgan fingerprint density at radius 3 is 2.50 bits per heavy atom. The van der Waals surface area contributed by atoms with Crippen LogP contribution in [-0.4, -0.2) is 35.5 Å². The first-order valence-corrected chi connectivity index (χ1v) is 13.5. The second-order valence-electron chi connectivity index (χ2n) is 8.48. The number of nitrogens with one attached hydrogen (secondary N) is 1. The number of hydrogen-bond acceptors (Lipinski definition) is 5. The summed E-state index contributed by atoms with van der Waals surface area (Å²) in [4.78, 5) is 0.922. The fourth-order valence-electron chi connectivity index (χ4n) is 3.61. The third kappa shape index (κ3) is 6.71. The van der Waals surface area contributed by atoms with E-state index < -0.39 is 22.3 Å². The Kier molecular flexibility index (Phi) is 9.43. The molecule has 0 spiro atoms. The highest BCUT2D eigenvalue weighted by Gasteiger charge is 2.26. The van der Waals surface area contributed by atoms with Gasteiger partial charge in [-0.15, -0.1) is 0 Å². The number of nitrogens with zero attached hydrogens (tertiary/aromatic N) is 1. The first-order valence-electron chi connectivity index (χ1n) is 11.2. The summed E-state index contributed by atoms with van der Waals surface area (Å²) in [5.41, 5.74) is 2.13. The lowest BCUT2D eigenvalue weighted by Crippen LogP contribution is -2.34. The maximum Gasteiger partial charge on any atom is 0.181 e. The van der Waals surface area contributed by atoms with E-state index in [-0.39, 0.29) is 0 Å². The summed E-state index contributed by atoms with van der Waals surface area (Å²) < 4.78 is 44.8. The topological polar surface area (TPSA) is 88.8 Å². The highest BCUT2D eigenvalue weighted by molar-refractivity contribution is 7.92. The number of hydrogen-bond donors (Lipinski definition) is 2. The van der Waals surface area contributed by atoms with Gasteiger partial charge in [-0.3, -0.25) is 4.78 Å². The second kappa shape index (κ2) is 12.0. The minimum absolute atomic E-state index is 0.315.